The highest BCUT2D eigenvalue weighted by molar-refractivity contribution is 5.94. The van der Waals surface area contributed by atoms with E-state index in [-0.39, 0.29) is 11.8 Å². The highest BCUT2D eigenvalue weighted by Crippen LogP contribution is 2.27. The lowest BCUT2D eigenvalue weighted by molar-refractivity contribution is -0.120. The average Bonchev–Trinajstić information content (AvgIpc) is 3.20. The summed E-state index contributed by atoms with van der Waals surface area (Å²) < 4.78 is 10.7. The Kier molecular flexibility index (Phi) is 6.35. The van der Waals surface area contributed by atoms with Crippen LogP contribution in [0.3, 0.4) is 0 Å². The highest BCUT2D eigenvalue weighted by atomic mass is 16.5. The Morgan fingerprint density at radius 2 is 1.97 bits per heavy atom. The largest absolute Gasteiger partial charge is 0.441 e. The smallest absolute Gasteiger partial charge is 0.228 e. The number of aromatic nitrogens is 3. The molecule has 1 fully saturated rings. The van der Waals surface area contributed by atoms with Crippen molar-refractivity contribution in [1.82, 2.24) is 20.3 Å². The lowest BCUT2D eigenvalue weighted by atomic mass is 9.85. The molecule has 4 rings (SSSR count). The van der Waals surface area contributed by atoms with Crippen LogP contribution in [0.4, 0.5) is 5.82 Å². The van der Waals surface area contributed by atoms with Gasteiger partial charge in [0.25, 0.3) is 0 Å². The van der Waals surface area contributed by atoms with Gasteiger partial charge in [0.2, 0.25) is 5.91 Å². The second-order valence-corrected chi connectivity index (χ2v) is 7.71. The van der Waals surface area contributed by atoms with Crippen molar-refractivity contribution in [3.8, 4) is 11.3 Å². The van der Waals surface area contributed by atoms with Gasteiger partial charge in [0.1, 0.15) is 5.82 Å². The van der Waals surface area contributed by atoms with Gasteiger partial charge in [-0.25, -0.2) is 9.97 Å². The lowest BCUT2D eigenvalue weighted by Gasteiger charge is -2.28. The Morgan fingerprint density at radius 1 is 1.13 bits per heavy atom. The number of carbonyl (C=O) groups is 1. The second kappa shape index (κ2) is 9.32. The van der Waals surface area contributed by atoms with Crippen molar-refractivity contribution in [2.45, 2.75) is 38.6 Å². The molecule has 8 nitrogen and oxygen atoms in total. The van der Waals surface area contributed by atoms with Gasteiger partial charge in [0.05, 0.1) is 24.5 Å². The molecule has 0 unspecified atom stereocenters. The van der Waals surface area contributed by atoms with Gasteiger partial charge in [-0.15, -0.1) is 0 Å². The van der Waals surface area contributed by atoms with Crippen molar-refractivity contribution >= 4 is 22.6 Å². The van der Waals surface area contributed by atoms with E-state index in [0.29, 0.717) is 30.1 Å². The number of aryl methyl sites for hydroxylation is 1. The molecule has 2 N–H and O–H groups in total. The predicted octanol–water partition coefficient (Wildman–Crippen LogP) is 3.33. The summed E-state index contributed by atoms with van der Waals surface area (Å²) in [6.07, 6.45) is 8.84. The first-order valence-electron chi connectivity index (χ1n) is 10.3. The molecule has 1 aliphatic carbocycles. The summed E-state index contributed by atoms with van der Waals surface area (Å²) in [7, 11) is 1.70. The van der Waals surface area contributed by atoms with E-state index >= 15 is 0 Å². The van der Waals surface area contributed by atoms with E-state index in [1.807, 2.05) is 12.1 Å². The van der Waals surface area contributed by atoms with Gasteiger partial charge in [-0.3, -0.25) is 9.78 Å². The maximum atomic E-state index is 12.7. The molecule has 30 heavy (non-hydrogen) atoms. The number of ether oxygens (including phenoxy) is 1. The third-order valence-corrected chi connectivity index (χ3v) is 5.56. The SMILES string of the molecule is COCCN[C@H]1CC[C@H](C(=O)Nc2cc3cc(-c4cnc(C)o4)cnc3cn2)CC1. The number of hydrogen-bond acceptors (Lipinski definition) is 7. The summed E-state index contributed by atoms with van der Waals surface area (Å²) in [4.78, 5) is 25.7. The van der Waals surface area contributed by atoms with E-state index in [9.17, 15) is 4.79 Å². The number of anilines is 1. The summed E-state index contributed by atoms with van der Waals surface area (Å²) in [6, 6.07) is 4.29. The molecule has 3 aromatic rings. The predicted molar refractivity (Wildman–Crippen MR) is 114 cm³/mol. The zero-order valence-corrected chi connectivity index (χ0v) is 17.4. The molecule has 158 valence electrons. The van der Waals surface area contributed by atoms with Crippen LogP contribution in [0.25, 0.3) is 22.2 Å². The maximum Gasteiger partial charge on any atom is 0.228 e. The first-order chi connectivity index (χ1) is 14.6. The molecular weight excluding hydrogens is 382 g/mol. The van der Waals surface area contributed by atoms with E-state index in [4.69, 9.17) is 9.15 Å². The Balaban J connectivity index is 1.39. The molecule has 1 amide bonds. The van der Waals surface area contributed by atoms with E-state index in [1.54, 1.807) is 32.6 Å². The molecule has 0 spiro atoms. The number of nitrogens with one attached hydrogen (secondary N) is 2. The van der Waals surface area contributed by atoms with Crippen molar-refractivity contribution in [1.29, 1.82) is 0 Å². The van der Waals surface area contributed by atoms with Gasteiger partial charge in [-0.1, -0.05) is 0 Å². The summed E-state index contributed by atoms with van der Waals surface area (Å²) in [5.74, 6) is 1.87. The molecule has 0 aliphatic heterocycles. The van der Waals surface area contributed by atoms with Crippen LogP contribution >= 0.6 is 0 Å². The molecule has 3 heterocycles. The molecule has 0 bridgehead atoms. The Labute approximate surface area is 175 Å². The Morgan fingerprint density at radius 3 is 2.70 bits per heavy atom. The van der Waals surface area contributed by atoms with Crippen molar-refractivity contribution < 1.29 is 13.9 Å². The quantitative estimate of drug-likeness (QED) is 0.577. The van der Waals surface area contributed by atoms with Gasteiger partial charge in [-0.05, 0) is 37.8 Å². The fourth-order valence-corrected chi connectivity index (χ4v) is 3.88. The lowest BCUT2D eigenvalue weighted by Crippen LogP contribution is -2.37. The van der Waals surface area contributed by atoms with Crippen LogP contribution in [0.5, 0.6) is 0 Å². The van der Waals surface area contributed by atoms with Gasteiger partial charge in [0.15, 0.2) is 11.7 Å². The minimum absolute atomic E-state index is 0.0181. The fourth-order valence-electron chi connectivity index (χ4n) is 3.88. The number of hydrogen-bond donors (Lipinski definition) is 2. The van der Waals surface area contributed by atoms with Crippen LogP contribution in [0.2, 0.25) is 0 Å². The third kappa shape index (κ3) is 4.83. The van der Waals surface area contributed by atoms with Crippen molar-refractivity contribution in [2.24, 2.45) is 5.92 Å². The number of oxazole rings is 1. The summed E-state index contributed by atoms with van der Waals surface area (Å²) in [5, 5.41) is 7.35. The number of fused-ring (bicyclic) bond motifs is 1. The average molecular weight is 409 g/mol. The van der Waals surface area contributed by atoms with Crippen molar-refractivity contribution in [2.75, 3.05) is 25.6 Å². The molecule has 1 aliphatic rings. The van der Waals surface area contributed by atoms with Crippen LogP contribution in [0, 0.1) is 12.8 Å². The van der Waals surface area contributed by atoms with E-state index in [2.05, 4.69) is 25.6 Å². The number of amides is 1. The van der Waals surface area contributed by atoms with E-state index in [0.717, 1.165) is 48.7 Å². The van der Waals surface area contributed by atoms with Gasteiger partial charge in [-0.2, -0.15) is 0 Å². The second-order valence-electron chi connectivity index (χ2n) is 7.71. The minimum atomic E-state index is 0.0181. The number of nitrogens with zero attached hydrogens (tertiary/aromatic N) is 3. The zero-order valence-electron chi connectivity index (χ0n) is 17.4. The number of methoxy groups -OCH3 is 1. The van der Waals surface area contributed by atoms with Gasteiger partial charge >= 0.3 is 0 Å². The standard InChI is InChI=1S/C22H27N5O3/c1-14-24-13-20(30-14)17-9-16-10-21(26-12-19(16)25-11-17)27-22(28)15-3-5-18(6-4-15)23-7-8-29-2/h9-13,15,18,23H,3-8H2,1-2H3,(H,26,27,28)/t15-,18-. The van der Waals surface area contributed by atoms with E-state index in [1.165, 1.54) is 0 Å². The summed E-state index contributed by atoms with van der Waals surface area (Å²) in [5.41, 5.74) is 1.60. The first kappa shape index (κ1) is 20.4. The minimum Gasteiger partial charge on any atom is -0.441 e. The Hall–Kier alpha value is -2.84. The molecule has 0 radical (unpaired) electrons. The molecule has 0 saturated heterocycles. The van der Waals surface area contributed by atoms with Crippen LogP contribution in [0.15, 0.2) is 35.1 Å². The topological polar surface area (TPSA) is 102 Å². The summed E-state index contributed by atoms with van der Waals surface area (Å²) in [6.45, 7) is 3.36. The normalized spacial score (nSPS) is 19.1. The maximum absolute atomic E-state index is 12.7. The van der Waals surface area contributed by atoms with Crippen LogP contribution in [-0.4, -0.2) is 47.2 Å². The first-order valence-corrected chi connectivity index (χ1v) is 10.3. The van der Waals surface area contributed by atoms with Crippen LogP contribution in [0.1, 0.15) is 31.6 Å². The van der Waals surface area contributed by atoms with Gasteiger partial charge < -0.3 is 19.8 Å². The highest BCUT2D eigenvalue weighted by Gasteiger charge is 2.26. The molecule has 0 atom stereocenters. The zero-order chi connectivity index (χ0) is 20.9. The molecular formula is C22H27N5O3. The van der Waals surface area contributed by atoms with Gasteiger partial charge in [0, 0.05) is 49.7 Å². The fraction of sp³-hybridized carbons (Fsp3) is 0.455. The molecule has 8 heteroatoms. The number of pyridine rings is 2. The number of carbonyl (C=O) groups excluding carboxylic acids is 1. The molecule has 1 saturated carbocycles. The molecule has 3 aromatic heterocycles. The Bertz CT molecular complexity index is 1010. The summed E-state index contributed by atoms with van der Waals surface area (Å²) >= 11 is 0. The van der Waals surface area contributed by atoms with Crippen molar-refractivity contribution in [3.63, 3.8) is 0 Å². The third-order valence-electron chi connectivity index (χ3n) is 5.56. The van der Waals surface area contributed by atoms with Crippen LogP contribution < -0.4 is 10.6 Å². The number of rotatable bonds is 7. The van der Waals surface area contributed by atoms with Crippen LogP contribution in [-0.2, 0) is 9.53 Å². The molecule has 0 aromatic carbocycles. The van der Waals surface area contributed by atoms with Crippen molar-refractivity contribution in [3.05, 3.63) is 36.6 Å². The monoisotopic (exact) mass is 409 g/mol. The van der Waals surface area contributed by atoms with E-state index < -0.39 is 0 Å².